The molecule has 13 heteroatoms. The molecule has 4 heterocycles. The van der Waals surface area contributed by atoms with E-state index in [9.17, 15) is 26.3 Å². The van der Waals surface area contributed by atoms with E-state index >= 15 is 0 Å². The van der Waals surface area contributed by atoms with Gasteiger partial charge in [-0.05, 0) is 25.1 Å². The van der Waals surface area contributed by atoms with Gasteiger partial charge in [0.15, 0.2) is 5.65 Å². The van der Waals surface area contributed by atoms with Gasteiger partial charge in [0, 0.05) is 29.7 Å². The summed E-state index contributed by atoms with van der Waals surface area (Å²) >= 11 is 0. The molecule has 0 radical (unpaired) electrons. The fraction of sp³-hybridized carbons (Fsp3) is 0.158. The Kier molecular flexibility index (Phi) is 5.11. The van der Waals surface area contributed by atoms with E-state index in [0.29, 0.717) is 35.4 Å². The molecule has 0 amide bonds. The average molecular weight is 451 g/mol. The van der Waals surface area contributed by atoms with Crippen molar-refractivity contribution >= 4 is 22.7 Å². The smallest absolute Gasteiger partial charge is 0.323 e. The second-order valence-electron chi connectivity index (χ2n) is 6.58. The molecular weight excluding hydrogens is 440 g/mol. The molecule has 1 N–H and O–H groups in total. The van der Waals surface area contributed by atoms with Gasteiger partial charge in [-0.3, -0.25) is 0 Å². The Morgan fingerprint density at radius 1 is 0.844 bits per heavy atom. The minimum atomic E-state index is -4.68. The summed E-state index contributed by atoms with van der Waals surface area (Å²) in [5.41, 5.74) is -1.60. The van der Waals surface area contributed by atoms with Crippen LogP contribution in [0.5, 0.6) is 0 Å². The Bertz CT molecular complexity index is 1290. The summed E-state index contributed by atoms with van der Waals surface area (Å²) in [6.07, 6.45) is -6.35. The topological polar surface area (TPSA) is 89.4 Å². The summed E-state index contributed by atoms with van der Waals surface area (Å²) in [6, 6.07) is 4.38. The van der Waals surface area contributed by atoms with Gasteiger partial charge >= 0.3 is 12.4 Å². The van der Waals surface area contributed by atoms with Gasteiger partial charge in [0.1, 0.15) is 17.6 Å². The number of hydrogen-bond acceptors (Lipinski definition) is 7. The Labute approximate surface area is 175 Å². The minimum Gasteiger partial charge on any atom is -0.323 e. The number of aromatic nitrogens is 6. The zero-order chi connectivity index (χ0) is 23.1. The SMILES string of the molecule is Cc1cc(Nc2ncc(C(F)(F)F)cn2)c2ccc(-c3ncncc3C(F)(F)F)nc2n1. The molecule has 4 rings (SSSR count). The second-order valence-corrected chi connectivity index (χ2v) is 6.58. The lowest BCUT2D eigenvalue weighted by atomic mass is 10.1. The highest BCUT2D eigenvalue weighted by molar-refractivity contribution is 5.91. The van der Waals surface area contributed by atoms with Gasteiger partial charge in [-0.1, -0.05) is 0 Å². The summed E-state index contributed by atoms with van der Waals surface area (Å²) in [4.78, 5) is 22.9. The lowest BCUT2D eigenvalue weighted by Gasteiger charge is -2.13. The van der Waals surface area contributed by atoms with Gasteiger partial charge in [0.2, 0.25) is 5.95 Å². The maximum Gasteiger partial charge on any atom is 0.420 e. The van der Waals surface area contributed by atoms with Crippen LogP contribution in [0.3, 0.4) is 0 Å². The lowest BCUT2D eigenvalue weighted by Crippen LogP contribution is -2.10. The van der Waals surface area contributed by atoms with Crippen molar-refractivity contribution < 1.29 is 26.3 Å². The van der Waals surface area contributed by atoms with Crippen molar-refractivity contribution in [1.29, 1.82) is 0 Å². The predicted molar refractivity (Wildman–Crippen MR) is 101 cm³/mol. The number of halogens is 6. The number of nitrogens with zero attached hydrogens (tertiary/aromatic N) is 6. The van der Waals surface area contributed by atoms with Gasteiger partial charge in [-0.15, -0.1) is 0 Å². The van der Waals surface area contributed by atoms with Crippen molar-refractivity contribution in [2.45, 2.75) is 19.3 Å². The predicted octanol–water partition coefficient (Wildman–Crippen LogP) is 4.97. The zero-order valence-electron chi connectivity index (χ0n) is 16.0. The molecule has 0 aliphatic carbocycles. The summed E-state index contributed by atoms with van der Waals surface area (Å²) in [6.45, 7) is 1.62. The van der Waals surface area contributed by atoms with E-state index in [1.807, 2.05) is 0 Å². The minimum absolute atomic E-state index is 0.0675. The molecular formula is C19H11F6N7. The number of alkyl halides is 6. The first-order chi connectivity index (χ1) is 15.0. The van der Waals surface area contributed by atoms with Gasteiger partial charge in [0.05, 0.1) is 16.9 Å². The molecule has 4 aromatic rings. The summed E-state index contributed by atoms with van der Waals surface area (Å²) in [5, 5.41) is 3.18. The number of anilines is 2. The van der Waals surface area contributed by atoms with Gasteiger partial charge in [-0.25, -0.2) is 29.9 Å². The molecule has 32 heavy (non-hydrogen) atoms. The lowest BCUT2D eigenvalue weighted by molar-refractivity contribution is -0.138. The number of rotatable bonds is 3. The molecule has 0 saturated heterocycles. The number of hydrogen-bond donors (Lipinski definition) is 1. The molecule has 0 aliphatic rings. The average Bonchev–Trinajstić information content (AvgIpc) is 2.72. The van der Waals surface area contributed by atoms with E-state index < -0.39 is 29.2 Å². The Morgan fingerprint density at radius 2 is 1.56 bits per heavy atom. The van der Waals surface area contributed by atoms with Crippen LogP contribution in [0.1, 0.15) is 16.8 Å². The third kappa shape index (κ3) is 4.26. The first-order valence-electron chi connectivity index (χ1n) is 8.84. The molecule has 0 spiro atoms. The van der Waals surface area contributed by atoms with Crippen LogP contribution < -0.4 is 5.32 Å². The van der Waals surface area contributed by atoms with Crippen molar-refractivity contribution in [2.24, 2.45) is 0 Å². The third-order valence-electron chi connectivity index (χ3n) is 4.29. The molecule has 0 aliphatic heterocycles. The molecule has 0 fully saturated rings. The van der Waals surface area contributed by atoms with Crippen LogP contribution in [0.2, 0.25) is 0 Å². The second kappa shape index (κ2) is 7.66. The highest BCUT2D eigenvalue weighted by Gasteiger charge is 2.35. The summed E-state index contributed by atoms with van der Waals surface area (Å²) in [7, 11) is 0. The van der Waals surface area contributed by atoms with Crippen molar-refractivity contribution in [1.82, 2.24) is 29.9 Å². The highest BCUT2D eigenvalue weighted by Crippen LogP contribution is 2.35. The third-order valence-corrected chi connectivity index (χ3v) is 4.29. The first-order valence-corrected chi connectivity index (χ1v) is 8.84. The van der Waals surface area contributed by atoms with Gasteiger partial charge in [-0.2, -0.15) is 26.3 Å². The molecule has 0 atom stereocenters. The van der Waals surface area contributed by atoms with E-state index in [4.69, 9.17) is 0 Å². The van der Waals surface area contributed by atoms with Crippen LogP contribution in [0.15, 0.2) is 43.1 Å². The molecule has 7 nitrogen and oxygen atoms in total. The van der Waals surface area contributed by atoms with Crippen LogP contribution in [-0.4, -0.2) is 29.9 Å². The van der Waals surface area contributed by atoms with Crippen molar-refractivity contribution in [3.63, 3.8) is 0 Å². The Balaban J connectivity index is 1.75. The van der Waals surface area contributed by atoms with E-state index in [0.717, 1.165) is 6.33 Å². The van der Waals surface area contributed by atoms with Crippen LogP contribution in [0, 0.1) is 6.92 Å². The maximum absolute atomic E-state index is 13.3. The highest BCUT2D eigenvalue weighted by atomic mass is 19.4. The number of fused-ring (bicyclic) bond motifs is 1. The number of aryl methyl sites for hydroxylation is 1. The largest absolute Gasteiger partial charge is 0.420 e. The molecule has 0 bridgehead atoms. The number of pyridine rings is 2. The normalized spacial score (nSPS) is 12.2. The van der Waals surface area contributed by atoms with Crippen molar-refractivity contribution in [3.8, 4) is 11.4 Å². The molecule has 0 saturated carbocycles. The van der Waals surface area contributed by atoms with Crippen LogP contribution in [-0.2, 0) is 12.4 Å². The van der Waals surface area contributed by atoms with Gasteiger partial charge in [0.25, 0.3) is 0 Å². The monoisotopic (exact) mass is 451 g/mol. The van der Waals surface area contributed by atoms with Crippen LogP contribution >= 0.6 is 0 Å². The Morgan fingerprint density at radius 3 is 2.22 bits per heavy atom. The van der Waals surface area contributed by atoms with E-state index in [1.165, 1.54) is 12.1 Å². The fourth-order valence-corrected chi connectivity index (χ4v) is 2.87. The molecule has 164 valence electrons. The first kappa shape index (κ1) is 21.3. The summed E-state index contributed by atoms with van der Waals surface area (Å²) in [5.74, 6) is -0.107. The van der Waals surface area contributed by atoms with Gasteiger partial charge < -0.3 is 5.32 Å². The summed E-state index contributed by atoms with van der Waals surface area (Å²) < 4.78 is 78.0. The number of nitrogens with one attached hydrogen (secondary N) is 1. The van der Waals surface area contributed by atoms with E-state index in [2.05, 4.69) is 35.2 Å². The molecule has 0 aromatic carbocycles. The standard InChI is InChI=1S/C19H11F6N7/c1-9-4-14(32-17-27-5-10(6-28-17)18(20,21)22)11-2-3-13(31-16(11)30-9)15-12(19(23,24)25)7-26-8-29-15/h2-8H,1H3,(H,27,28,30,31,32). The van der Waals surface area contributed by atoms with E-state index in [1.54, 1.807) is 13.0 Å². The zero-order valence-corrected chi connectivity index (χ0v) is 16.0. The fourth-order valence-electron chi connectivity index (χ4n) is 2.87. The van der Waals surface area contributed by atoms with Crippen molar-refractivity contribution in [2.75, 3.05) is 5.32 Å². The molecule has 0 unspecified atom stereocenters. The Hall–Kier alpha value is -3.90. The molecule has 4 aromatic heterocycles. The van der Waals surface area contributed by atoms with Crippen molar-refractivity contribution in [3.05, 3.63) is 59.9 Å². The quantitative estimate of drug-likeness (QED) is 0.440. The van der Waals surface area contributed by atoms with Crippen LogP contribution in [0.4, 0.5) is 38.0 Å². The van der Waals surface area contributed by atoms with Crippen LogP contribution in [0.25, 0.3) is 22.4 Å². The van der Waals surface area contributed by atoms with E-state index in [-0.39, 0.29) is 17.3 Å². The maximum atomic E-state index is 13.3.